The van der Waals surface area contributed by atoms with Crippen LogP contribution in [0.2, 0.25) is 0 Å². The van der Waals surface area contributed by atoms with E-state index in [1.807, 2.05) is 36.4 Å². The summed E-state index contributed by atoms with van der Waals surface area (Å²) >= 11 is 0. The molecule has 1 aromatic heterocycles. The van der Waals surface area contributed by atoms with E-state index >= 15 is 0 Å². The summed E-state index contributed by atoms with van der Waals surface area (Å²) < 4.78 is 2.19. The van der Waals surface area contributed by atoms with Gasteiger partial charge >= 0.3 is 0 Å². The number of aromatic nitrogens is 2. The molecule has 0 saturated carbocycles. The van der Waals surface area contributed by atoms with Gasteiger partial charge in [0.1, 0.15) is 5.82 Å². The maximum atomic E-state index is 12.2. The second-order valence-electron chi connectivity index (χ2n) is 5.68. The fraction of sp³-hybridized carbons (Fsp3) is 0.222. The van der Waals surface area contributed by atoms with E-state index in [-0.39, 0.29) is 11.8 Å². The molecule has 0 radical (unpaired) electrons. The molecule has 1 unspecified atom stereocenters. The summed E-state index contributed by atoms with van der Waals surface area (Å²) in [7, 11) is 0. The van der Waals surface area contributed by atoms with E-state index in [9.17, 15) is 4.79 Å². The van der Waals surface area contributed by atoms with Crippen molar-refractivity contribution in [1.82, 2.24) is 14.9 Å². The van der Waals surface area contributed by atoms with Crippen LogP contribution in [-0.2, 0) is 6.54 Å². The van der Waals surface area contributed by atoms with Gasteiger partial charge < -0.3 is 9.88 Å². The normalized spacial score (nSPS) is 15.4. The lowest BCUT2D eigenvalue weighted by Crippen LogP contribution is -2.24. The number of benzene rings is 2. The molecule has 0 fully saturated rings. The summed E-state index contributed by atoms with van der Waals surface area (Å²) in [6.07, 6.45) is 0. The predicted molar refractivity (Wildman–Crippen MR) is 86.0 cm³/mol. The lowest BCUT2D eigenvalue weighted by molar-refractivity contribution is 0.0956. The summed E-state index contributed by atoms with van der Waals surface area (Å²) in [6, 6.07) is 16.1. The minimum absolute atomic E-state index is 0.0110. The molecule has 0 spiro atoms. The van der Waals surface area contributed by atoms with Crippen molar-refractivity contribution in [2.45, 2.75) is 19.4 Å². The van der Waals surface area contributed by atoms with E-state index < -0.39 is 0 Å². The highest BCUT2D eigenvalue weighted by molar-refractivity contribution is 6.05. The SMILES string of the molecule is CC(c1ccccc1)c1nc2cccc3c2n1CCNC3=O. The molecule has 0 saturated heterocycles. The van der Waals surface area contributed by atoms with Crippen molar-refractivity contribution in [2.75, 3.05) is 6.54 Å². The Morgan fingerprint density at radius 2 is 1.95 bits per heavy atom. The molecule has 0 bridgehead atoms. The van der Waals surface area contributed by atoms with Gasteiger partial charge in [0, 0.05) is 19.0 Å². The van der Waals surface area contributed by atoms with Crippen molar-refractivity contribution >= 4 is 16.9 Å². The number of para-hydroxylation sites is 1. The van der Waals surface area contributed by atoms with Crippen LogP contribution in [0.15, 0.2) is 48.5 Å². The monoisotopic (exact) mass is 291 g/mol. The first kappa shape index (κ1) is 13.1. The third-order valence-electron chi connectivity index (χ3n) is 4.35. The summed E-state index contributed by atoms with van der Waals surface area (Å²) in [5, 5.41) is 2.96. The second-order valence-corrected chi connectivity index (χ2v) is 5.68. The molecule has 2 aromatic carbocycles. The number of nitrogens with zero attached hydrogens (tertiary/aromatic N) is 2. The highest BCUT2D eigenvalue weighted by atomic mass is 16.1. The van der Waals surface area contributed by atoms with Gasteiger partial charge in [-0.05, 0) is 17.7 Å². The Kier molecular flexibility index (Phi) is 2.96. The molecule has 1 atom stereocenters. The van der Waals surface area contributed by atoms with Gasteiger partial charge in [0.15, 0.2) is 0 Å². The second kappa shape index (κ2) is 4.98. The number of nitrogens with one attached hydrogen (secondary N) is 1. The van der Waals surface area contributed by atoms with Gasteiger partial charge in [-0.2, -0.15) is 0 Å². The van der Waals surface area contributed by atoms with Crippen LogP contribution in [0.4, 0.5) is 0 Å². The van der Waals surface area contributed by atoms with Gasteiger partial charge in [-0.1, -0.05) is 43.3 Å². The van der Waals surface area contributed by atoms with Crippen LogP contribution >= 0.6 is 0 Å². The van der Waals surface area contributed by atoms with Crippen molar-refractivity contribution in [1.29, 1.82) is 0 Å². The van der Waals surface area contributed by atoms with Crippen LogP contribution in [0.5, 0.6) is 0 Å². The van der Waals surface area contributed by atoms with Crippen molar-refractivity contribution in [3.63, 3.8) is 0 Å². The molecular formula is C18H17N3O. The minimum Gasteiger partial charge on any atom is -0.350 e. The molecular weight excluding hydrogens is 274 g/mol. The Labute approximate surface area is 128 Å². The summed E-state index contributed by atoms with van der Waals surface area (Å²) in [6.45, 7) is 3.55. The van der Waals surface area contributed by atoms with E-state index in [1.165, 1.54) is 5.56 Å². The Morgan fingerprint density at radius 3 is 2.77 bits per heavy atom. The molecule has 2 heterocycles. The summed E-state index contributed by atoms with van der Waals surface area (Å²) in [4.78, 5) is 17.0. The average Bonchev–Trinajstić information content (AvgIpc) is 2.84. The zero-order chi connectivity index (χ0) is 15.1. The van der Waals surface area contributed by atoms with Crippen LogP contribution in [0, 0.1) is 0 Å². The lowest BCUT2D eigenvalue weighted by atomic mass is 10.0. The molecule has 1 aliphatic rings. The third kappa shape index (κ3) is 1.91. The number of carbonyl (C=O) groups excluding carboxylic acids is 1. The van der Waals surface area contributed by atoms with E-state index in [2.05, 4.69) is 28.9 Å². The van der Waals surface area contributed by atoms with Gasteiger partial charge in [-0.15, -0.1) is 0 Å². The summed E-state index contributed by atoms with van der Waals surface area (Å²) in [5.74, 6) is 1.20. The zero-order valence-corrected chi connectivity index (χ0v) is 12.4. The molecule has 110 valence electrons. The van der Waals surface area contributed by atoms with Gasteiger partial charge in [0.2, 0.25) is 0 Å². The Bertz CT molecular complexity index is 851. The standard InChI is InChI=1S/C18H17N3O/c1-12(13-6-3-2-4-7-13)17-20-15-9-5-8-14-16(15)21(17)11-10-19-18(14)22/h2-9,12H,10-11H2,1H3,(H,19,22). The lowest BCUT2D eigenvalue weighted by Gasteiger charge is -2.14. The van der Waals surface area contributed by atoms with E-state index in [0.717, 1.165) is 23.4 Å². The molecule has 1 N–H and O–H groups in total. The van der Waals surface area contributed by atoms with Crippen molar-refractivity contribution in [3.05, 3.63) is 65.5 Å². The van der Waals surface area contributed by atoms with E-state index in [0.29, 0.717) is 12.1 Å². The van der Waals surface area contributed by atoms with Crippen LogP contribution < -0.4 is 5.32 Å². The molecule has 0 aliphatic carbocycles. The van der Waals surface area contributed by atoms with Crippen molar-refractivity contribution < 1.29 is 4.79 Å². The minimum atomic E-state index is -0.0110. The third-order valence-corrected chi connectivity index (χ3v) is 4.35. The Morgan fingerprint density at radius 1 is 1.14 bits per heavy atom. The van der Waals surface area contributed by atoms with Crippen LogP contribution in [0.3, 0.4) is 0 Å². The number of imidazole rings is 1. The largest absolute Gasteiger partial charge is 0.350 e. The molecule has 1 amide bonds. The Hall–Kier alpha value is -2.62. The zero-order valence-electron chi connectivity index (χ0n) is 12.4. The fourth-order valence-corrected chi connectivity index (χ4v) is 3.21. The van der Waals surface area contributed by atoms with Crippen molar-refractivity contribution in [2.24, 2.45) is 0 Å². The fourth-order valence-electron chi connectivity index (χ4n) is 3.21. The first-order valence-electron chi connectivity index (χ1n) is 7.58. The highest BCUT2D eigenvalue weighted by Gasteiger charge is 2.23. The van der Waals surface area contributed by atoms with Gasteiger partial charge in [-0.3, -0.25) is 4.79 Å². The number of rotatable bonds is 2. The molecule has 4 heteroatoms. The highest BCUT2D eigenvalue weighted by Crippen LogP contribution is 2.29. The maximum absolute atomic E-state index is 12.2. The first-order chi connectivity index (χ1) is 10.8. The predicted octanol–water partition coefficient (Wildman–Crippen LogP) is 2.93. The number of amides is 1. The number of carbonyl (C=O) groups is 1. The quantitative estimate of drug-likeness (QED) is 0.789. The molecule has 4 nitrogen and oxygen atoms in total. The Balaban J connectivity index is 1.94. The van der Waals surface area contributed by atoms with Gasteiger partial charge in [0.05, 0.1) is 16.6 Å². The first-order valence-corrected chi connectivity index (χ1v) is 7.58. The molecule has 3 aromatic rings. The maximum Gasteiger partial charge on any atom is 0.253 e. The molecule has 22 heavy (non-hydrogen) atoms. The topological polar surface area (TPSA) is 46.9 Å². The van der Waals surface area contributed by atoms with E-state index in [1.54, 1.807) is 0 Å². The van der Waals surface area contributed by atoms with Gasteiger partial charge in [0.25, 0.3) is 5.91 Å². The summed E-state index contributed by atoms with van der Waals surface area (Å²) in [5.41, 5.74) is 3.80. The molecule has 4 rings (SSSR count). The molecule has 1 aliphatic heterocycles. The van der Waals surface area contributed by atoms with Crippen LogP contribution in [0.25, 0.3) is 11.0 Å². The number of hydrogen-bond donors (Lipinski definition) is 1. The van der Waals surface area contributed by atoms with Gasteiger partial charge in [-0.25, -0.2) is 4.98 Å². The van der Waals surface area contributed by atoms with Crippen LogP contribution in [-0.4, -0.2) is 22.0 Å². The number of hydrogen-bond acceptors (Lipinski definition) is 2. The van der Waals surface area contributed by atoms with Crippen LogP contribution in [0.1, 0.15) is 34.6 Å². The smallest absolute Gasteiger partial charge is 0.253 e. The van der Waals surface area contributed by atoms with E-state index in [4.69, 9.17) is 4.98 Å². The van der Waals surface area contributed by atoms with Crippen molar-refractivity contribution in [3.8, 4) is 0 Å². The average molecular weight is 291 g/mol.